The minimum absolute atomic E-state index is 0.157. The van der Waals surface area contributed by atoms with Gasteiger partial charge in [0.2, 0.25) is 5.88 Å². The number of H-pyrrole nitrogens is 2. The van der Waals surface area contributed by atoms with Crippen molar-refractivity contribution in [3.05, 3.63) is 45.3 Å². The second-order valence-corrected chi connectivity index (χ2v) is 7.90. The van der Waals surface area contributed by atoms with Crippen molar-refractivity contribution in [2.24, 2.45) is 7.05 Å². The van der Waals surface area contributed by atoms with Crippen molar-refractivity contribution < 1.29 is 4.74 Å². The Hall–Kier alpha value is -4.29. The molecule has 5 heterocycles. The highest BCUT2D eigenvalue weighted by Gasteiger charge is 2.19. The van der Waals surface area contributed by atoms with E-state index in [-0.39, 0.29) is 17.9 Å². The van der Waals surface area contributed by atoms with E-state index in [2.05, 4.69) is 35.0 Å². The number of ether oxygens (including phenoxy) is 1. The third kappa shape index (κ3) is 3.64. The summed E-state index contributed by atoms with van der Waals surface area (Å²) in [6.07, 6.45) is 4.49. The maximum Gasteiger partial charge on any atom is 0.332 e. The van der Waals surface area contributed by atoms with Gasteiger partial charge in [-0.25, -0.2) is 24.7 Å². The van der Waals surface area contributed by atoms with Gasteiger partial charge in [0, 0.05) is 26.2 Å². The number of nitrogens with one attached hydrogen (secondary N) is 2. The summed E-state index contributed by atoms with van der Waals surface area (Å²) in [6, 6.07) is 1.72. The SMILES string of the molecule is CCCn1c(=O)c2[nH]c(-c3cc(OCc4nc5ncncc5[nH]4)nn3C)nc2n(CCC)c1=O. The van der Waals surface area contributed by atoms with Gasteiger partial charge in [-0.2, -0.15) is 0 Å². The Labute approximate surface area is 192 Å². The summed E-state index contributed by atoms with van der Waals surface area (Å²) in [4.78, 5) is 49.1. The first kappa shape index (κ1) is 21.6. The summed E-state index contributed by atoms with van der Waals surface area (Å²) >= 11 is 0. The molecule has 0 atom stereocenters. The predicted molar refractivity (Wildman–Crippen MR) is 123 cm³/mol. The van der Waals surface area contributed by atoms with Crippen LogP contribution in [0.4, 0.5) is 0 Å². The van der Waals surface area contributed by atoms with Gasteiger partial charge in [-0.3, -0.25) is 18.6 Å². The number of aromatic nitrogens is 10. The number of hydrogen-bond acceptors (Lipinski definition) is 8. The first-order chi connectivity index (χ1) is 16.5. The Kier molecular flexibility index (Phi) is 5.43. The molecule has 5 aromatic rings. The summed E-state index contributed by atoms with van der Waals surface area (Å²) in [5, 5.41) is 4.38. The second-order valence-electron chi connectivity index (χ2n) is 7.90. The molecule has 2 N–H and O–H groups in total. The molecule has 176 valence electrons. The van der Waals surface area contributed by atoms with Crippen molar-refractivity contribution in [3.8, 4) is 17.4 Å². The number of imidazole rings is 2. The first-order valence-electron chi connectivity index (χ1n) is 11.0. The van der Waals surface area contributed by atoms with E-state index in [0.29, 0.717) is 59.5 Å². The van der Waals surface area contributed by atoms with Gasteiger partial charge in [0.1, 0.15) is 35.5 Å². The monoisotopic (exact) mass is 464 g/mol. The van der Waals surface area contributed by atoms with E-state index in [1.165, 1.54) is 10.9 Å². The Morgan fingerprint density at radius 2 is 1.85 bits per heavy atom. The largest absolute Gasteiger partial charge is 0.468 e. The van der Waals surface area contributed by atoms with Crippen LogP contribution in [0.1, 0.15) is 32.5 Å². The quantitative estimate of drug-likeness (QED) is 0.349. The molecule has 13 nitrogen and oxygen atoms in total. The lowest BCUT2D eigenvalue weighted by Crippen LogP contribution is -2.40. The zero-order valence-electron chi connectivity index (χ0n) is 19.1. The second kappa shape index (κ2) is 8.57. The Morgan fingerprint density at radius 3 is 2.62 bits per heavy atom. The van der Waals surface area contributed by atoms with Crippen LogP contribution in [0.15, 0.2) is 28.2 Å². The molecule has 0 aromatic carbocycles. The molecule has 34 heavy (non-hydrogen) atoms. The van der Waals surface area contributed by atoms with E-state index < -0.39 is 0 Å². The van der Waals surface area contributed by atoms with Crippen molar-refractivity contribution in [3.63, 3.8) is 0 Å². The highest BCUT2D eigenvalue weighted by Crippen LogP contribution is 2.23. The van der Waals surface area contributed by atoms with Crippen LogP contribution in [0.5, 0.6) is 5.88 Å². The molecule has 0 fully saturated rings. The highest BCUT2D eigenvalue weighted by molar-refractivity contribution is 5.75. The van der Waals surface area contributed by atoms with Crippen molar-refractivity contribution in [1.29, 1.82) is 0 Å². The summed E-state index contributed by atoms with van der Waals surface area (Å²) < 4.78 is 10.2. The molecule has 5 aromatic heterocycles. The molecular formula is C21H24N10O3. The molecule has 0 saturated heterocycles. The zero-order valence-corrected chi connectivity index (χ0v) is 19.1. The molecule has 0 aliphatic heterocycles. The van der Waals surface area contributed by atoms with Gasteiger partial charge in [0.25, 0.3) is 5.56 Å². The normalized spacial score (nSPS) is 11.6. The fourth-order valence-electron chi connectivity index (χ4n) is 3.89. The summed E-state index contributed by atoms with van der Waals surface area (Å²) in [5.74, 6) is 1.37. The van der Waals surface area contributed by atoms with Gasteiger partial charge in [-0.1, -0.05) is 13.8 Å². The van der Waals surface area contributed by atoms with Crippen molar-refractivity contribution >= 4 is 22.3 Å². The Balaban J connectivity index is 1.49. The number of rotatable bonds is 8. The fourth-order valence-corrected chi connectivity index (χ4v) is 3.89. The molecule has 0 spiro atoms. The van der Waals surface area contributed by atoms with Crippen LogP contribution in [-0.2, 0) is 26.7 Å². The van der Waals surface area contributed by atoms with E-state index in [4.69, 9.17) is 4.74 Å². The van der Waals surface area contributed by atoms with Crippen LogP contribution < -0.4 is 16.0 Å². The lowest BCUT2D eigenvalue weighted by Gasteiger charge is -2.09. The molecular weight excluding hydrogens is 440 g/mol. The average molecular weight is 464 g/mol. The summed E-state index contributed by atoms with van der Waals surface area (Å²) in [6.45, 7) is 4.87. The highest BCUT2D eigenvalue weighted by atomic mass is 16.5. The van der Waals surface area contributed by atoms with E-state index >= 15 is 0 Å². The topological polar surface area (TPSA) is 154 Å². The predicted octanol–water partition coefficient (Wildman–Crippen LogP) is 1.35. The number of hydrogen-bond donors (Lipinski definition) is 2. The van der Waals surface area contributed by atoms with Gasteiger partial charge < -0.3 is 14.7 Å². The minimum Gasteiger partial charge on any atom is -0.468 e. The molecule has 0 amide bonds. The Morgan fingerprint density at radius 1 is 1.06 bits per heavy atom. The van der Waals surface area contributed by atoms with Crippen LogP contribution in [0, 0.1) is 0 Å². The van der Waals surface area contributed by atoms with Gasteiger partial charge in [0.15, 0.2) is 17.1 Å². The van der Waals surface area contributed by atoms with Crippen molar-refractivity contribution in [1.82, 2.24) is 48.8 Å². The minimum atomic E-state index is -0.375. The number of fused-ring (bicyclic) bond motifs is 2. The van der Waals surface area contributed by atoms with Gasteiger partial charge in [0.05, 0.1) is 6.20 Å². The Bertz CT molecular complexity index is 1570. The first-order valence-corrected chi connectivity index (χ1v) is 11.0. The van der Waals surface area contributed by atoms with E-state index in [9.17, 15) is 9.59 Å². The summed E-state index contributed by atoms with van der Waals surface area (Å²) in [7, 11) is 1.75. The molecule has 0 aliphatic rings. The lowest BCUT2D eigenvalue weighted by molar-refractivity contribution is 0.283. The van der Waals surface area contributed by atoms with Crippen LogP contribution >= 0.6 is 0 Å². The van der Waals surface area contributed by atoms with Gasteiger partial charge in [-0.05, 0) is 12.8 Å². The van der Waals surface area contributed by atoms with E-state index in [0.717, 1.165) is 11.9 Å². The number of aromatic amines is 2. The van der Waals surface area contributed by atoms with E-state index in [1.54, 1.807) is 28.6 Å². The van der Waals surface area contributed by atoms with Crippen LogP contribution in [0.3, 0.4) is 0 Å². The average Bonchev–Trinajstić information content (AvgIpc) is 3.54. The van der Waals surface area contributed by atoms with Crippen LogP contribution in [0.2, 0.25) is 0 Å². The lowest BCUT2D eigenvalue weighted by atomic mass is 10.4. The summed E-state index contributed by atoms with van der Waals surface area (Å²) in [5.41, 5.74) is 1.80. The van der Waals surface area contributed by atoms with E-state index in [1.807, 2.05) is 13.8 Å². The molecule has 13 heteroatoms. The van der Waals surface area contributed by atoms with Crippen molar-refractivity contribution in [2.45, 2.75) is 46.4 Å². The molecule has 5 rings (SSSR count). The maximum absolute atomic E-state index is 13.0. The number of aryl methyl sites for hydroxylation is 2. The third-order valence-corrected chi connectivity index (χ3v) is 5.42. The van der Waals surface area contributed by atoms with Gasteiger partial charge >= 0.3 is 5.69 Å². The fraction of sp³-hybridized carbons (Fsp3) is 0.381. The van der Waals surface area contributed by atoms with Crippen molar-refractivity contribution in [2.75, 3.05) is 0 Å². The number of nitrogens with zero attached hydrogens (tertiary/aromatic N) is 8. The molecule has 0 radical (unpaired) electrons. The molecule has 0 aliphatic carbocycles. The third-order valence-electron chi connectivity index (χ3n) is 5.42. The van der Waals surface area contributed by atoms with Gasteiger partial charge in [-0.15, -0.1) is 5.10 Å². The standard InChI is InChI=1S/C21H24N10O3/c1-4-6-30-19-16(20(32)31(7-5-2)21(30)33)26-18(27-19)13-8-15(28-29(13)3)34-10-14-24-12-9-22-11-23-17(12)25-14/h8-9,11H,4-7,10H2,1-3H3,(H,26,27)(H,22,23,24,25). The molecule has 0 saturated carbocycles. The molecule has 0 bridgehead atoms. The van der Waals surface area contributed by atoms with Crippen LogP contribution in [0.25, 0.3) is 33.8 Å². The maximum atomic E-state index is 13.0. The smallest absolute Gasteiger partial charge is 0.332 e. The van der Waals surface area contributed by atoms with Crippen LogP contribution in [-0.4, -0.2) is 48.8 Å². The zero-order chi connectivity index (χ0) is 23.8. The molecule has 0 unspecified atom stereocenters.